The minimum Gasteiger partial charge on any atom is -0.491 e. The van der Waals surface area contributed by atoms with Crippen molar-refractivity contribution in [1.29, 1.82) is 0 Å². The van der Waals surface area contributed by atoms with Crippen molar-refractivity contribution < 1.29 is 14.3 Å². The molecule has 0 radical (unpaired) electrons. The van der Waals surface area contributed by atoms with E-state index in [4.69, 9.17) is 22.1 Å². The maximum absolute atomic E-state index is 12.7. The van der Waals surface area contributed by atoms with Crippen LogP contribution in [0.2, 0.25) is 5.02 Å². The quantitative estimate of drug-likeness (QED) is 0.576. The number of nitrogens with two attached hydrogens (primary N) is 1. The van der Waals surface area contributed by atoms with Gasteiger partial charge in [0.05, 0.1) is 23.9 Å². The van der Waals surface area contributed by atoms with Gasteiger partial charge in [-0.3, -0.25) is 14.5 Å². The Labute approximate surface area is 190 Å². The Morgan fingerprint density at radius 1 is 1.19 bits per heavy atom. The fourth-order valence-electron chi connectivity index (χ4n) is 4.88. The number of aryl methyl sites for hydroxylation is 1. The summed E-state index contributed by atoms with van der Waals surface area (Å²) in [5, 5.41) is 4.87. The zero-order valence-corrected chi connectivity index (χ0v) is 18.9. The average molecular weight is 454 g/mol. The van der Waals surface area contributed by atoms with Gasteiger partial charge in [-0.25, -0.2) is 9.50 Å². The summed E-state index contributed by atoms with van der Waals surface area (Å²) in [6.07, 6.45) is 3.27. The van der Waals surface area contributed by atoms with E-state index < -0.39 is 0 Å². The van der Waals surface area contributed by atoms with Gasteiger partial charge >= 0.3 is 0 Å². The van der Waals surface area contributed by atoms with Crippen LogP contribution in [0, 0.1) is 24.2 Å². The lowest BCUT2D eigenvalue weighted by atomic mass is 10.0. The minimum atomic E-state index is -0.223. The first-order valence-corrected chi connectivity index (χ1v) is 10.9. The third-order valence-corrected chi connectivity index (χ3v) is 6.77. The number of nitrogens with zero attached hydrogens (tertiary/aromatic N) is 4. The van der Waals surface area contributed by atoms with E-state index in [1.807, 2.05) is 39.1 Å². The Bertz CT molecular complexity index is 1240. The van der Waals surface area contributed by atoms with Gasteiger partial charge in [-0.15, -0.1) is 0 Å². The van der Waals surface area contributed by atoms with Gasteiger partial charge in [0.1, 0.15) is 24.4 Å². The van der Waals surface area contributed by atoms with Gasteiger partial charge in [0, 0.05) is 23.3 Å². The molecule has 8 nitrogen and oxygen atoms in total. The van der Waals surface area contributed by atoms with E-state index in [0.717, 1.165) is 22.2 Å². The number of carbonyl (C=O) groups excluding carboxylic acids is 2. The monoisotopic (exact) mass is 453 g/mol. The van der Waals surface area contributed by atoms with Gasteiger partial charge in [-0.2, -0.15) is 5.10 Å². The van der Waals surface area contributed by atoms with E-state index in [1.165, 1.54) is 11.2 Å². The van der Waals surface area contributed by atoms with Crippen LogP contribution >= 0.6 is 11.6 Å². The van der Waals surface area contributed by atoms with Crippen molar-refractivity contribution in [2.45, 2.75) is 27.3 Å². The number of aromatic nitrogens is 3. The number of imide groups is 1. The second-order valence-electron chi connectivity index (χ2n) is 9.06. The Morgan fingerprint density at radius 3 is 2.59 bits per heavy atom. The van der Waals surface area contributed by atoms with Crippen molar-refractivity contribution in [2.75, 3.05) is 13.2 Å². The largest absolute Gasteiger partial charge is 0.491 e. The molecule has 166 valence electrons. The van der Waals surface area contributed by atoms with Crippen molar-refractivity contribution >= 4 is 28.9 Å². The molecule has 5 rings (SSSR count). The summed E-state index contributed by atoms with van der Waals surface area (Å²) in [6.45, 7) is 6.82. The molecule has 1 saturated carbocycles. The molecular formula is C23H24ClN5O3. The topological polar surface area (TPSA) is 103 Å². The lowest BCUT2D eigenvalue weighted by Gasteiger charge is -2.19. The predicted molar refractivity (Wildman–Crippen MR) is 119 cm³/mol. The number of carbonyl (C=O) groups is 2. The van der Waals surface area contributed by atoms with Gasteiger partial charge in [-0.1, -0.05) is 25.4 Å². The lowest BCUT2D eigenvalue weighted by Crippen LogP contribution is -2.35. The Kier molecular flexibility index (Phi) is 4.76. The number of rotatable bonds is 6. The highest BCUT2D eigenvalue weighted by atomic mass is 35.5. The third kappa shape index (κ3) is 3.09. The van der Waals surface area contributed by atoms with Crippen LogP contribution in [-0.4, -0.2) is 44.5 Å². The summed E-state index contributed by atoms with van der Waals surface area (Å²) < 4.78 is 7.59. The molecule has 0 spiro atoms. The first kappa shape index (κ1) is 20.9. The van der Waals surface area contributed by atoms with Crippen molar-refractivity contribution in [1.82, 2.24) is 19.5 Å². The molecule has 2 amide bonds. The molecule has 1 aliphatic carbocycles. The fraction of sp³-hybridized carbons (Fsp3) is 0.391. The first-order chi connectivity index (χ1) is 15.2. The summed E-state index contributed by atoms with van der Waals surface area (Å²) in [4.78, 5) is 31.3. The molecule has 3 aromatic rings. The van der Waals surface area contributed by atoms with E-state index in [9.17, 15) is 9.59 Å². The summed E-state index contributed by atoms with van der Waals surface area (Å²) in [7, 11) is 0. The van der Waals surface area contributed by atoms with Crippen molar-refractivity contribution in [3.63, 3.8) is 0 Å². The highest BCUT2D eigenvalue weighted by Crippen LogP contribution is 2.63. The number of fused-ring (bicyclic) bond motifs is 2. The van der Waals surface area contributed by atoms with Gasteiger partial charge in [0.25, 0.3) is 0 Å². The molecule has 2 aromatic heterocycles. The summed E-state index contributed by atoms with van der Waals surface area (Å²) >= 11 is 6.34. The molecule has 2 atom stereocenters. The van der Waals surface area contributed by atoms with E-state index in [2.05, 4.69) is 10.1 Å². The van der Waals surface area contributed by atoms with Crippen LogP contribution in [0.4, 0.5) is 0 Å². The smallest absolute Gasteiger partial charge is 0.233 e. The second-order valence-corrected chi connectivity index (χ2v) is 9.50. The first-order valence-electron chi connectivity index (χ1n) is 10.5. The zero-order chi connectivity index (χ0) is 22.8. The number of likely N-dealkylation sites (tertiary alicyclic amines) is 1. The van der Waals surface area contributed by atoms with Gasteiger partial charge < -0.3 is 10.5 Å². The molecule has 3 heterocycles. The molecule has 0 bridgehead atoms. The highest BCUT2D eigenvalue weighted by Gasteiger charge is 2.72. The molecule has 32 heavy (non-hydrogen) atoms. The molecule has 1 saturated heterocycles. The van der Waals surface area contributed by atoms with E-state index >= 15 is 0 Å². The summed E-state index contributed by atoms with van der Waals surface area (Å²) in [5.41, 5.74) is 9.19. The molecule has 1 aliphatic heterocycles. The van der Waals surface area contributed by atoms with Crippen LogP contribution in [0.5, 0.6) is 5.75 Å². The van der Waals surface area contributed by atoms with Gasteiger partial charge in [0.2, 0.25) is 11.8 Å². The molecule has 2 aliphatic rings. The fourth-order valence-corrected chi connectivity index (χ4v) is 5.15. The van der Waals surface area contributed by atoms with Crippen LogP contribution in [0.25, 0.3) is 16.8 Å². The number of halogens is 1. The molecule has 2 N–H and O–H groups in total. The van der Waals surface area contributed by atoms with E-state index in [0.29, 0.717) is 29.6 Å². The number of hydrogen-bond acceptors (Lipinski definition) is 6. The molecule has 1 aromatic carbocycles. The van der Waals surface area contributed by atoms with Crippen molar-refractivity contribution in [3.8, 4) is 17.0 Å². The Hall–Kier alpha value is -2.97. The van der Waals surface area contributed by atoms with Crippen molar-refractivity contribution in [3.05, 3.63) is 46.9 Å². The number of hydrogen-bond donors (Lipinski definition) is 1. The van der Waals surface area contributed by atoms with E-state index in [1.54, 1.807) is 10.6 Å². The zero-order valence-electron chi connectivity index (χ0n) is 18.1. The normalized spacial score (nSPS) is 21.3. The van der Waals surface area contributed by atoms with Crippen molar-refractivity contribution in [2.24, 2.45) is 23.0 Å². The van der Waals surface area contributed by atoms with Crippen LogP contribution in [-0.2, 0) is 16.1 Å². The van der Waals surface area contributed by atoms with Crippen LogP contribution in [0.1, 0.15) is 25.0 Å². The molecule has 2 fully saturated rings. The third-order valence-electron chi connectivity index (χ3n) is 6.55. The maximum atomic E-state index is 12.7. The Morgan fingerprint density at radius 2 is 1.91 bits per heavy atom. The number of piperidine rings is 1. The number of ether oxygens (including phenoxy) is 1. The Balaban J connectivity index is 1.52. The minimum absolute atomic E-state index is 0.0884. The summed E-state index contributed by atoms with van der Waals surface area (Å²) in [6, 6.07) is 5.53. The average Bonchev–Trinajstić information content (AvgIpc) is 2.99. The van der Waals surface area contributed by atoms with Crippen LogP contribution < -0.4 is 10.5 Å². The molecule has 9 heteroatoms. The van der Waals surface area contributed by atoms with Gasteiger partial charge in [0.15, 0.2) is 0 Å². The number of amides is 2. The highest BCUT2D eigenvalue weighted by molar-refractivity contribution is 6.31. The van der Waals surface area contributed by atoms with Crippen LogP contribution in [0.15, 0.2) is 30.7 Å². The molecular weight excluding hydrogens is 430 g/mol. The van der Waals surface area contributed by atoms with Gasteiger partial charge in [-0.05, 0) is 41.7 Å². The standard InChI is InChI=1S/C23H24ClN5O3/c1-12-6-14(24)8-15(20(12)32-5-4-25)19-16-7-13(10-29(16)27-11-26-19)9-28-21(30)17-18(22(28)31)23(17,2)3/h6-8,10-11,17-18H,4-5,9,25H2,1-3H3. The lowest BCUT2D eigenvalue weighted by molar-refractivity contribution is -0.143. The van der Waals surface area contributed by atoms with Crippen LogP contribution in [0.3, 0.4) is 0 Å². The molecule has 2 unspecified atom stereocenters. The van der Waals surface area contributed by atoms with E-state index in [-0.39, 0.29) is 35.6 Å². The summed E-state index contributed by atoms with van der Waals surface area (Å²) in [5.74, 6) is 0.0950. The SMILES string of the molecule is Cc1cc(Cl)cc(-c2ncnn3cc(CN4C(=O)C5C(C4=O)C5(C)C)cc23)c1OCCN. The maximum Gasteiger partial charge on any atom is 0.233 e. The number of benzene rings is 1. The second kappa shape index (κ2) is 7.28. The predicted octanol–water partition coefficient (Wildman–Crippen LogP) is 2.84.